The molecule has 0 heterocycles. The maximum atomic E-state index is 11.1. The van der Waals surface area contributed by atoms with Gasteiger partial charge < -0.3 is 16.2 Å². The van der Waals surface area contributed by atoms with Gasteiger partial charge >= 0.3 is 5.97 Å². The smallest absolute Gasteiger partial charge is 0.337 e. The van der Waals surface area contributed by atoms with Crippen LogP contribution in [-0.2, 0) is 0 Å². The summed E-state index contributed by atoms with van der Waals surface area (Å²) in [4.78, 5) is 11.1. The molecule has 1 aliphatic carbocycles. The zero-order valence-corrected chi connectivity index (χ0v) is 10.9. The highest BCUT2D eigenvalue weighted by atomic mass is 16.4. The van der Waals surface area contributed by atoms with Crippen LogP contribution in [0.25, 0.3) is 0 Å². The van der Waals surface area contributed by atoms with Crippen molar-refractivity contribution in [2.24, 2.45) is 11.3 Å². The third-order valence-corrected chi connectivity index (χ3v) is 4.02. The summed E-state index contributed by atoms with van der Waals surface area (Å²) in [5.41, 5.74) is 7.52. The average molecular weight is 248 g/mol. The number of carbonyl (C=O) groups is 1. The molecule has 98 valence electrons. The maximum Gasteiger partial charge on any atom is 0.337 e. The van der Waals surface area contributed by atoms with Crippen LogP contribution in [0.15, 0.2) is 18.2 Å². The van der Waals surface area contributed by atoms with Gasteiger partial charge in [-0.1, -0.05) is 13.8 Å². The van der Waals surface area contributed by atoms with E-state index in [1.807, 2.05) is 0 Å². The second kappa shape index (κ2) is 4.52. The summed E-state index contributed by atoms with van der Waals surface area (Å²) in [5, 5.41) is 12.4. The Balaban J connectivity index is 2.14. The number of hydrogen-bond acceptors (Lipinski definition) is 3. The molecular formula is C14H20N2O2. The summed E-state index contributed by atoms with van der Waals surface area (Å²) in [6.45, 7) is 5.24. The molecular weight excluding hydrogens is 228 g/mol. The normalized spacial score (nSPS) is 16.6. The van der Waals surface area contributed by atoms with E-state index in [0.717, 1.165) is 6.54 Å². The number of carboxylic acid groups (broad SMARTS) is 1. The molecule has 0 spiro atoms. The van der Waals surface area contributed by atoms with Crippen molar-refractivity contribution in [3.63, 3.8) is 0 Å². The second-order valence-electron chi connectivity index (χ2n) is 5.48. The third-order valence-electron chi connectivity index (χ3n) is 4.02. The van der Waals surface area contributed by atoms with Gasteiger partial charge in [-0.3, -0.25) is 0 Å². The highest BCUT2D eigenvalue weighted by Gasteiger charge is 2.45. The Morgan fingerprint density at radius 3 is 2.67 bits per heavy atom. The van der Waals surface area contributed by atoms with Gasteiger partial charge in [-0.15, -0.1) is 0 Å². The van der Waals surface area contributed by atoms with Crippen molar-refractivity contribution in [1.82, 2.24) is 0 Å². The Labute approximate surface area is 107 Å². The molecule has 0 unspecified atom stereocenters. The number of nitrogens with one attached hydrogen (secondary N) is 1. The van der Waals surface area contributed by atoms with Gasteiger partial charge in [-0.05, 0) is 42.4 Å². The standard InChI is InChI=1S/C14H20N2O2/c1-9(2)14(5-6-14)8-16-12-7-10(15)3-4-11(12)13(17)18/h3-4,7,9,16H,5-6,8,15H2,1-2H3,(H,17,18). The Morgan fingerprint density at radius 2 is 2.17 bits per heavy atom. The summed E-state index contributed by atoms with van der Waals surface area (Å²) in [5.74, 6) is -0.314. The van der Waals surface area contributed by atoms with Crippen LogP contribution in [0.2, 0.25) is 0 Å². The van der Waals surface area contributed by atoms with Gasteiger partial charge in [-0.2, -0.15) is 0 Å². The van der Waals surface area contributed by atoms with Crippen molar-refractivity contribution >= 4 is 17.3 Å². The van der Waals surface area contributed by atoms with Crippen LogP contribution in [0.4, 0.5) is 11.4 Å². The second-order valence-corrected chi connectivity index (χ2v) is 5.48. The van der Waals surface area contributed by atoms with Crippen molar-refractivity contribution in [2.45, 2.75) is 26.7 Å². The summed E-state index contributed by atoms with van der Waals surface area (Å²) in [6.07, 6.45) is 2.42. The average Bonchev–Trinajstić information content (AvgIpc) is 3.07. The lowest BCUT2D eigenvalue weighted by Gasteiger charge is -2.21. The SMILES string of the molecule is CC(C)C1(CNc2cc(N)ccc2C(=O)O)CC1. The van der Waals surface area contributed by atoms with Gasteiger partial charge in [0.1, 0.15) is 0 Å². The molecule has 0 bridgehead atoms. The molecule has 2 rings (SSSR count). The van der Waals surface area contributed by atoms with Gasteiger partial charge in [0.05, 0.1) is 11.3 Å². The molecule has 18 heavy (non-hydrogen) atoms. The molecule has 0 aromatic heterocycles. The van der Waals surface area contributed by atoms with Crippen LogP contribution in [-0.4, -0.2) is 17.6 Å². The fourth-order valence-corrected chi connectivity index (χ4v) is 2.28. The van der Waals surface area contributed by atoms with E-state index in [1.165, 1.54) is 12.8 Å². The van der Waals surface area contributed by atoms with Gasteiger partial charge in [-0.25, -0.2) is 4.79 Å². The minimum Gasteiger partial charge on any atom is -0.478 e. The van der Waals surface area contributed by atoms with E-state index >= 15 is 0 Å². The molecule has 4 N–H and O–H groups in total. The van der Waals surface area contributed by atoms with E-state index in [2.05, 4.69) is 19.2 Å². The van der Waals surface area contributed by atoms with Gasteiger partial charge in [0.15, 0.2) is 0 Å². The van der Waals surface area contributed by atoms with E-state index in [0.29, 0.717) is 22.7 Å². The van der Waals surface area contributed by atoms with E-state index in [9.17, 15) is 4.79 Å². The summed E-state index contributed by atoms with van der Waals surface area (Å²) in [7, 11) is 0. The Morgan fingerprint density at radius 1 is 1.50 bits per heavy atom. The fourth-order valence-electron chi connectivity index (χ4n) is 2.28. The lowest BCUT2D eigenvalue weighted by Crippen LogP contribution is -2.22. The zero-order valence-electron chi connectivity index (χ0n) is 10.9. The van der Waals surface area contributed by atoms with Crippen molar-refractivity contribution in [3.05, 3.63) is 23.8 Å². The van der Waals surface area contributed by atoms with E-state index in [4.69, 9.17) is 10.8 Å². The molecule has 4 nitrogen and oxygen atoms in total. The van der Waals surface area contributed by atoms with Crippen LogP contribution in [0.5, 0.6) is 0 Å². The number of benzene rings is 1. The summed E-state index contributed by atoms with van der Waals surface area (Å²) >= 11 is 0. The topological polar surface area (TPSA) is 75.3 Å². The monoisotopic (exact) mass is 248 g/mol. The van der Waals surface area contributed by atoms with Crippen LogP contribution >= 0.6 is 0 Å². The number of nitrogen functional groups attached to an aromatic ring is 1. The highest BCUT2D eigenvalue weighted by Crippen LogP contribution is 2.51. The summed E-state index contributed by atoms with van der Waals surface area (Å²) in [6, 6.07) is 4.86. The molecule has 1 aromatic carbocycles. The molecule has 1 aliphatic rings. The number of nitrogens with two attached hydrogens (primary N) is 1. The third kappa shape index (κ3) is 2.42. The molecule has 4 heteroatoms. The van der Waals surface area contributed by atoms with Gasteiger partial charge in [0, 0.05) is 12.2 Å². The van der Waals surface area contributed by atoms with Gasteiger partial charge in [0.25, 0.3) is 0 Å². The zero-order chi connectivity index (χ0) is 13.3. The predicted octanol–water partition coefficient (Wildman–Crippen LogP) is 2.82. The summed E-state index contributed by atoms with van der Waals surface area (Å²) < 4.78 is 0. The first kappa shape index (κ1) is 12.7. The highest BCUT2D eigenvalue weighted by molar-refractivity contribution is 5.95. The number of rotatable bonds is 5. The van der Waals surface area contributed by atoms with Crippen molar-refractivity contribution in [1.29, 1.82) is 0 Å². The lowest BCUT2D eigenvalue weighted by molar-refractivity contribution is 0.0698. The first-order valence-corrected chi connectivity index (χ1v) is 6.31. The quantitative estimate of drug-likeness (QED) is 0.700. The molecule has 0 radical (unpaired) electrons. The fraction of sp³-hybridized carbons (Fsp3) is 0.500. The molecule has 0 atom stereocenters. The first-order chi connectivity index (χ1) is 8.44. The van der Waals surface area contributed by atoms with Crippen molar-refractivity contribution in [2.75, 3.05) is 17.6 Å². The van der Waals surface area contributed by atoms with Crippen LogP contribution in [0.3, 0.4) is 0 Å². The van der Waals surface area contributed by atoms with E-state index in [-0.39, 0.29) is 5.56 Å². The largest absolute Gasteiger partial charge is 0.478 e. The molecule has 0 saturated heterocycles. The lowest BCUT2D eigenvalue weighted by atomic mass is 9.92. The minimum atomic E-state index is -0.924. The Hall–Kier alpha value is -1.71. The molecule has 0 aliphatic heterocycles. The van der Waals surface area contributed by atoms with E-state index in [1.54, 1.807) is 18.2 Å². The van der Waals surface area contributed by atoms with Crippen molar-refractivity contribution in [3.8, 4) is 0 Å². The van der Waals surface area contributed by atoms with Crippen LogP contribution < -0.4 is 11.1 Å². The Kier molecular flexibility index (Phi) is 3.20. The van der Waals surface area contributed by atoms with Gasteiger partial charge in [0.2, 0.25) is 0 Å². The van der Waals surface area contributed by atoms with E-state index < -0.39 is 5.97 Å². The predicted molar refractivity (Wildman–Crippen MR) is 72.8 cm³/mol. The number of anilines is 2. The number of hydrogen-bond donors (Lipinski definition) is 3. The van der Waals surface area contributed by atoms with Crippen LogP contribution in [0, 0.1) is 11.3 Å². The molecule has 0 amide bonds. The first-order valence-electron chi connectivity index (χ1n) is 6.31. The number of aromatic carboxylic acids is 1. The molecule has 1 aromatic rings. The van der Waals surface area contributed by atoms with Crippen molar-refractivity contribution < 1.29 is 9.90 Å². The number of carboxylic acids is 1. The molecule has 1 saturated carbocycles. The van der Waals surface area contributed by atoms with Crippen LogP contribution in [0.1, 0.15) is 37.0 Å². The minimum absolute atomic E-state index is 0.281. The maximum absolute atomic E-state index is 11.1. The Bertz CT molecular complexity index is 465. The molecule has 1 fully saturated rings.